The maximum absolute atomic E-state index is 14.2. The Morgan fingerprint density at radius 1 is 0.540 bits per heavy atom. The van der Waals surface area contributed by atoms with Gasteiger partial charge in [-0.3, -0.25) is 4.79 Å². The number of hydrogen-bond donors (Lipinski definition) is 4. The highest BCUT2D eigenvalue weighted by molar-refractivity contribution is 9.11. The first-order valence-electron chi connectivity index (χ1n) is 16.5. The summed E-state index contributed by atoms with van der Waals surface area (Å²) in [5, 5.41) is 29.9. The van der Waals surface area contributed by atoms with Crippen LogP contribution in [-0.4, -0.2) is 29.1 Å². The molecule has 2 heterocycles. The van der Waals surface area contributed by atoms with E-state index in [1.165, 1.54) is 22.7 Å². The molecule has 9 heteroatoms. The van der Waals surface area contributed by atoms with Crippen LogP contribution in [0.1, 0.15) is 72.2 Å². The molecule has 0 aliphatic carbocycles. The molecule has 0 radical (unpaired) electrons. The zero-order valence-electron chi connectivity index (χ0n) is 27.2. The van der Waals surface area contributed by atoms with Crippen LogP contribution in [0.2, 0.25) is 0 Å². The van der Waals surface area contributed by atoms with Crippen LogP contribution in [0.4, 0.5) is 0 Å². The van der Waals surface area contributed by atoms with E-state index in [0.717, 1.165) is 41.0 Å². The van der Waals surface area contributed by atoms with Gasteiger partial charge in [0.05, 0.1) is 41.6 Å². The number of carbonyl (C=O) groups excluding carboxylic acids is 1. The Hall–Kier alpha value is -3.25. The average molecular weight is 831 g/mol. The Bertz CT molecular complexity index is 1810. The van der Waals surface area contributed by atoms with E-state index in [1.807, 2.05) is 133 Å². The Labute approximate surface area is 318 Å². The number of aliphatic hydroxyl groups excluding tert-OH is 2. The lowest BCUT2D eigenvalue weighted by Crippen LogP contribution is -2.29. The van der Waals surface area contributed by atoms with Crippen molar-refractivity contribution in [3.05, 3.63) is 184 Å². The van der Waals surface area contributed by atoms with Gasteiger partial charge < -0.3 is 20.8 Å². The highest BCUT2D eigenvalue weighted by Gasteiger charge is 2.26. The number of ketones is 1. The third-order valence-corrected chi connectivity index (χ3v) is 12.1. The highest BCUT2D eigenvalue weighted by atomic mass is 79.9. The van der Waals surface area contributed by atoms with Gasteiger partial charge in [0.1, 0.15) is 0 Å². The van der Waals surface area contributed by atoms with Crippen LogP contribution in [0, 0.1) is 0 Å². The molecule has 0 bridgehead atoms. The number of thiophene rings is 2. The lowest BCUT2D eigenvalue weighted by molar-refractivity contribution is 0.104. The normalized spacial score (nSPS) is 13.8. The first-order chi connectivity index (χ1) is 24.4. The van der Waals surface area contributed by atoms with E-state index in [0.29, 0.717) is 35.7 Å². The number of hydrogen-bond acceptors (Lipinski definition) is 7. The first kappa shape index (κ1) is 36.5. The minimum atomic E-state index is -0.733. The lowest BCUT2D eigenvalue weighted by Gasteiger charge is -2.25. The molecule has 6 aromatic rings. The van der Waals surface area contributed by atoms with Crippen molar-refractivity contribution >= 4 is 60.3 Å². The maximum Gasteiger partial charge on any atom is 0.213 e. The first-order valence-corrected chi connectivity index (χ1v) is 19.7. The van der Waals surface area contributed by atoms with Crippen LogP contribution in [0.15, 0.2) is 141 Å². The molecule has 50 heavy (non-hydrogen) atoms. The Morgan fingerprint density at radius 3 is 1.20 bits per heavy atom. The quantitative estimate of drug-likeness (QED) is 0.0731. The van der Waals surface area contributed by atoms with E-state index in [4.69, 9.17) is 0 Å². The third kappa shape index (κ3) is 9.15. The molecule has 0 fully saturated rings. The predicted molar refractivity (Wildman–Crippen MR) is 212 cm³/mol. The fraction of sp³-hybridized carbons (Fsp3) is 0.195. The molecule has 0 aliphatic heterocycles. The number of halogens is 2. The van der Waals surface area contributed by atoms with Crippen molar-refractivity contribution < 1.29 is 15.0 Å². The summed E-state index contributed by atoms with van der Waals surface area (Å²) in [5.74, 6) is 0.00857. The largest absolute Gasteiger partial charge is 0.386 e. The van der Waals surface area contributed by atoms with Gasteiger partial charge in [0.25, 0.3) is 0 Å². The van der Waals surface area contributed by atoms with Crippen LogP contribution >= 0.6 is 54.5 Å². The molecule has 4 aromatic carbocycles. The molecule has 5 nitrogen and oxygen atoms in total. The summed E-state index contributed by atoms with van der Waals surface area (Å²) in [7, 11) is 0. The number of nitrogens with one attached hydrogen (secondary N) is 2. The molecule has 0 spiro atoms. The van der Waals surface area contributed by atoms with Crippen LogP contribution in [0.25, 0.3) is 0 Å². The van der Waals surface area contributed by atoms with Gasteiger partial charge in [-0.15, -0.1) is 22.7 Å². The lowest BCUT2D eigenvalue weighted by atomic mass is 9.95. The van der Waals surface area contributed by atoms with Gasteiger partial charge >= 0.3 is 0 Å². The fourth-order valence-electron chi connectivity index (χ4n) is 6.20. The molecule has 2 aromatic heterocycles. The maximum atomic E-state index is 14.2. The number of carbonyl (C=O) groups is 1. The van der Waals surface area contributed by atoms with Crippen molar-refractivity contribution in [1.29, 1.82) is 0 Å². The van der Waals surface area contributed by atoms with E-state index in [1.54, 1.807) is 0 Å². The monoisotopic (exact) mass is 828 g/mol. The van der Waals surface area contributed by atoms with Crippen molar-refractivity contribution in [2.24, 2.45) is 0 Å². The van der Waals surface area contributed by atoms with Crippen LogP contribution in [-0.2, 0) is 12.8 Å². The van der Waals surface area contributed by atoms with E-state index in [-0.39, 0.29) is 17.9 Å². The van der Waals surface area contributed by atoms with Crippen molar-refractivity contribution in [3.8, 4) is 0 Å². The molecule has 0 saturated carbocycles. The summed E-state index contributed by atoms with van der Waals surface area (Å²) in [6, 6.07) is 42.8. The number of benzene rings is 4. The highest BCUT2D eigenvalue weighted by Crippen LogP contribution is 2.36. The topological polar surface area (TPSA) is 81.6 Å². The number of rotatable bonds is 16. The summed E-state index contributed by atoms with van der Waals surface area (Å²) < 4.78 is 1.80. The second-order valence-electron chi connectivity index (χ2n) is 12.0. The fourth-order valence-corrected chi connectivity index (χ4v) is 9.56. The standard InChI is InChI=1S/C41H38Br2N2O3S2/c42-33-25-31(21-23-44-35(27-13-5-1-6-14-27)37(46)29-17-9-3-10-18-29)40(49-33)39(48)41-32(26-34(43)50-41)22-24-45-36(28-15-7-2-8-16-28)38(47)30-19-11-4-12-20-30/h1-20,25-26,35-38,44-47H,21-24H2. The molecule has 0 saturated heterocycles. The second kappa shape index (κ2) is 17.8. The summed E-state index contributed by atoms with van der Waals surface area (Å²) in [6.07, 6.45) is -0.228. The summed E-state index contributed by atoms with van der Waals surface area (Å²) in [4.78, 5) is 15.6. The van der Waals surface area contributed by atoms with E-state index < -0.39 is 12.2 Å². The van der Waals surface area contributed by atoms with Gasteiger partial charge in [-0.25, -0.2) is 0 Å². The molecule has 0 amide bonds. The molecule has 6 rings (SSSR count). The summed E-state index contributed by atoms with van der Waals surface area (Å²) in [6.45, 7) is 1.14. The van der Waals surface area contributed by atoms with Gasteiger partial charge in [-0.2, -0.15) is 0 Å². The molecule has 4 N–H and O–H groups in total. The van der Waals surface area contributed by atoms with Crippen molar-refractivity contribution in [1.82, 2.24) is 10.6 Å². The van der Waals surface area contributed by atoms with Crippen molar-refractivity contribution in [2.75, 3.05) is 13.1 Å². The van der Waals surface area contributed by atoms with Gasteiger partial charge in [-0.05, 0) is 103 Å². The SMILES string of the molecule is O=C(c1sc(Br)cc1CCNC(c1ccccc1)C(O)c1ccccc1)c1sc(Br)cc1CCNC(c1ccccc1)C(O)c1ccccc1. The second-order valence-corrected chi connectivity index (χ2v) is 16.9. The van der Waals surface area contributed by atoms with E-state index in [2.05, 4.69) is 42.5 Å². The predicted octanol–water partition coefficient (Wildman–Crippen LogP) is 9.78. The van der Waals surface area contributed by atoms with Gasteiger partial charge in [0, 0.05) is 0 Å². The van der Waals surface area contributed by atoms with Gasteiger partial charge in [0.15, 0.2) is 0 Å². The molecule has 256 valence electrons. The molecular weight excluding hydrogens is 792 g/mol. The number of aliphatic hydroxyl groups is 2. The van der Waals surface area contributed by atoms with Crippen LogP contribution < -0.4 is 10.6 Å². The molecular formula is C41H38Br2N2O3S2. The average Bonchev–Trinajstić information content (AvgIpc) is 3.73. The molecule has 4 atom stereocenters. The van der Waals surface area contributed by atoms with E-state index in [9.17, 15) is 15.0 Å². The van der Waals surface area contributed by atoms with Gasteiger partial charge in [-0.1, -0.05) is 121 Å². The Morgan fingerprint density at radius 2 is 0.860 bits per heavy atom. The third-order valence-electron chi connectivity index (χ3n) is 8.72. The minimum absolute atomic E-state index is 0.00857. The summed E-state index contributed by atoms with van der Waals surface area (Å²) in [5.41, 5.74) is 5.61. The van der Waals surface area contributed by atoms with Crippen molar-refractivity contribution in [3.63, 3.8) is 0 Å². The smallest absolute Gasteiger partial charge is 0.213 e. The van der Waals surface area contributed by atoms with Gasteiger partial charge in [0.2, 0.25) is 5.78 Å². The Kier molecular flexibility index (Phi) is 13.0. The zero-order chi connectivity index (χ0) is 34.9. The minimum Gasteiger partial charge on any atom is -0.386 e. The van der Waals surface area contributed by atoms with Crippen molar-refractivity contribution in [2.45, 2.75) is 37.1 Å². The molecule has 0 aliphatic rings. The van der Waals surface area contributed by atoms with E-state index >= 15 is 0 Å². The molecule has 4 unspecified atom stereocenters. The van der Waals surface area contributed by atoms with Crippen LogP contribution in [0.3, 0.4) is 0 Å². The van der Waals surface area contributed by atoms with Crippen LogP contribution in [0.5, 0.6) is 0 Å². The Balaban J connectivity index is 1.15. The zero-order valence-corrected chi connectivity index (χ0v) is 32.0. The summed E-state index contributed by atoms with van der Waals surface area (Å²) >= 11 is 10.2.